The number of nitrogens with zero attached hydrogens (tertiary/aromatic N) is 1. The quantitative estimate of drug-likeness (QED) is 0.360. The maximum atomic E-state index is 10.6. The highest BCUT2D eigenvalue weighted by Crippen LogP contribution is 2.46. The largest absolute Gasteiger partial charge is 0.490 e. The normalized spacial score (nSPS) is 17.8. The molecule has 0 unspecified atom stereocenters. The van der Waals surface area contributed by atoms with E-state index in [9.17, 15) is 26.3 Å². The summed E-state index contributed by atoms with van der Waals surface area (Å²) in [6.07, 6.45) is -7.64. The van der Waals surface area contributed by atoms with E-state index in [1.54, 1.807) is 5.56 Å². The molecule has 1 fully saturated rings. The van der Waals surface area contributed by atoms with Crippen LogP contribution in [0.25, 0.3) is 11.1 Å². The molecule has 2 aromatic rings. The molecule has 0 atom stereocenters. The molecule has 0 bridgehead atoms. The number of carboxylic acids is 2. The van der Waals surface area contributed by atoms with Crippen LogP contribution >= 0.6 is 0 Å². The summed E-state index contributed by atoms with van der Waals surface area (Å²) >= 11 is 0. The lowest BCUT2D eigenvalue weighted by atomic mass is 9.63. The van der Waals surface area contributed by atoms with Gasteiger partial charge in [0.2, 0.25) is 0 Å². The van der Waals surface area contributed by atoms with Crippen LogP contribution < -0.4 is 10.2 Å². The summed E-state index contributed by atoms with van der Waals surface area (Å²) in [6.45, 7) is 13.9. The second-order valence-electron chi connectivity index (χ2n) is 10.9. The molecule has 1 aliphatic carbocycles. The molecular formula is C28H34F6N2O4. The van der Waals surface area contributed by atoms with Gasteiger partial charge >= 0.3 is 24.3 Å². The molecule has 1 saturated heterocycles. The zero-order chi connectivity index (χ0) is 30.5. The van der Waals surface area contributed by atoms with Crippen molar-refractivity contribution in [2.24, 2.45) is 0 Å². The fourth-order valence-electron chi connectivity index (χ4n) is 4.57. The van der Waals surface area contributed by atoms with Crippen LogP contribution in [0.15, 0.2) is 42.5 Å². The number of piperazine rings is 1. The average molecular weight is 577 g/mol. The maximum absolute atomic E-state index is 10.6. The number of anilines is 1. The number of halogens is 6. The molecule has 222 valence electrons. The predicted octanol–water partition coefficient (Wildman–Crippen LogP) is 6.38. The van der Waals surface area contributed by atoms with E-state index in [-0.39, 0.29) is 10.8 Å². The van der Waals surface area contributed by atoms with Crippen molar-refractivity contribution in [3.8, 4) is 11.1 Å². The first-order valence-electron chi connectivity index (χ1n) is 12.6. The number of rotatable bonds is 2. The van der Waals surface area contributed by atoms with Gasteiger partial charge in [0, 0.05) is 31.9 Å². The van der Waals surface area contributed by atoms with Gasteiger partial charge in [-0.05, 0) is 58.1 Å². The van der Waals surface area contributed by atoms with Gasteiger partial charge in [0.1, 0.15) is 0 Å². The van der Waals surface area contributed by atoms with Gasteiger partial charge in [0.05, 0.1) is 0 Å². The lowest BCUT2D eigenvalue weighted by molar-refractivity contribution is -0.193. The monoisotopic (exact) mass is 576 g/mol. The summed E-state index contributed by atoms with van der Waals surface area (Å²) in [4.78, 5) is 20.3. The number of fused-ring (bicyclic) bond motifs is 1. The van der Waals surface area contributed by atoms with Crippen LogP contribution in [-0.4, -0.2) is 60.7 Å². The van der Waals surface area contributed by atoms with Crippen LogP contribution in [0.1, 0.15) is 51.7 Å². The van der Waals surface area contributed by atoms with Crippen molar-refractivity contribution in [2.75, 3.05) is 31.1 Å². The molecule has 6 nitrogen and oxygen atoms in total. The molecule has 1 heterocycles. The molecule has 2 aromatic carbocycles. The minimum atomic E-state index is -5.08. The fourth-order valence-corrected chi connectivity index (χ4v) is 4.57. The highest BCUT2D eigenvalue weighted by molar-refractivity contribution is 5.73. The van der Waals surface area contributed by atoms with E-state index in [2.05, 4.69) is 80.4 Å². The molecule has 0 aromatic heterocycles. The van der Waals surface area contributed by atoms with Gasteiger partial charge in [-0.3, -0.25) is 0 Å². The van der Waals surface area contributed by atoms with Crippen molar-refractivity contribution in [2.45, 2.75) is 63.7 Å². The molecule has 0 amide bonds. The Hall–Kier alpha value is -3.28. The standard InChI is InChI=1S/C24H32N2.2C2HF3O2/c1-23(2)10-11-24(3,4)22-17-19(8-9-21(22)23)18-6-5-7-20(16-18)26-14-12-25-13-15-26;2*3-2(4,5)1(6)7/h5-9,16-17,25H,10-15H2,1-4H3;2*(H,6,7). The van der Waals surface area contributed by atoms with Crippen molar-refractivity contribution in [3.05, 3.63) is 53.6 Å². The Morgan fingerprint density at radius 3 is 1.68 bits per heavy atom. The molecule has 12 heteroatoms. The van der Waals surface area contributed by atoms with Crippen molar-refractivity contribution in [1.29, 1.82) is 0 Å². The van der Waals surface area contributed by atoms with Crippen molar-refractivity contribution in [3.63, 3.8) is 0 Å². The third-order valence-corrected chi connectivity index (χ3v) is 7.00. The minimum Gasteiger partial charge on any atom is -0.475 e. The topological polar surface area (TPSA) is 89.9 Å². The number of benzene rings is 2. The Morgan fingerprint density at radius 2 is 1.20 bits per heavy atom. The molecule has 0 spiro atoms. The van der Waals surface area contributed by atoms with Crippen LogP contribution in [0.3, 0.4) is 0 Å². The maximum Gasteiger partial charge on any atom is 0.490 e. The fraction of sp³-hybridized carbons (Fsp3) is 0.500. The van der Waals surface area contributed by atoms with Gasteiger partial charge in [0.15, 0.2) is 0 Å². The Morgan fingerprint density at radius 1 is 0.750 bits per heavy atom. The summed E-state index contributed by atoms with van der Waals surface area (Å²) in [5, 5.41) is 17.7. The van der Waals surface area contributed by atoms with E-state index in [4.69, 9.17) is 19.8 Å². The third-order valence-electron chi connectivity index (χ3n) is 7.00. The van der Waals surface area contributed by atoms with E-state index >= 15 is 0 Å². The highest BCUT2D eigenvalue weighted by atomic mass is 19.4. The Labute approximate surface area is 229 Å². The first kappa shape index (κ1) is 32.9. The van der Waals surface area contributed by atoms with Crippen LogP contribution in [0.5, 0.6) is 0 Å². The van der Waals surface area contributed by atoms with E-state index < -0.39 is 24.3 Å². The van der Waals surface area contributed by atoms with Gasteiger partial charge in [0.25, 0.3) is 0 Å². The van der Waals surface area contributed by atoms with Gasteiger partial charge in [-0.25, -0.2) is 9.59 Å². The summed E-state index contributed by atoms with van der Waals surface area (Å²) < 4.78 is 63.5. The predicted molar refractivity (Wildman–Crippen MR) is 140 cm³/mol. The molecule has 40 heavy (non-hydrogen) atoms. The van der Waals surface area contributed by atoms with Gasteiger partial charge in [-0.1, -0.05) is 58.0 Å². The van der Waals surface area contributed by atoms with Crippen LogP contribution in [0.2, 0.25) is 0 Å². The second kappa shape index (κ2) is 12.5. The van der Waals surface area contributed by atoms with Crippen molar-refractivity contribution in [1.82, 2.24) is 5.32 Å². The smallest absolute Gasteiger partial charge is 0.475 e. The number of aliphatic carboxylic acids is 2. The zero-order valence-electron chi connectivity index (χ0n) is 22.7. The lowest BCUT2D eigenvalue weighted by Gasteiger charge is -2.42. The molecule has 4 rings (SSSR count). The molecule has 0 radical (unpaired) electrons. The van der Waals surface area contributed by atoms with Crippen molar-refractivity contribution >= 4 is 17.6 Å². The second-order valence-corrected chi connectivity index (χ2v) is 10.9. The Bertz CT molecular complexity index is 1160. The summed E-state index contributed by atoms with van der Waals surface area (Å²) in [6, 6.07) is 16.3. The van der Waals surface area contributed by atoms with Crippen LogP contribution in [-0.2, 0) is 20.4 Å². The highest BCUT2D eigenvalue weighted by Gasteiger charge is 2.39. The Kier molecular flexibility index (Phi) is 10.3. The number of carbonyl (C=O) groups is 2. The Balaban J connectivity index is 0.000000333. The summed E-state index contributed by atoms with van der Waals surface area (Å²) in [5.74, 6) is -5.51. The summed E-state index contributed by atoms with van der Waals surface area (Å²) in [7, 11) is 0. The number of carboxylic acid groups (broad SMARTS) is 2. The van der Waals surface area contributed by atoms with E-state index in [0.717, 1.165) is 26.2 Å². The zero-order valence-corrected chi connectivity index (χ0v) is 22.7. The number of hydrogen-bond acceptors (Lipinski definition) is 4. The van der Waals surface area contributed by atoms with Gasteiger partial charge in [-0.15, -0.1) is 0 Å². The SMILES string of the molecule is CC1(C)CCC(C)(C)c2cc(-c3cccc(N4CCNCC4)c3)ccc21.O=C(O)C(F)(F)F.O=C(O)C(F)(F)F. The molecular weight excluding hydrogens is 542 g/mol. The molecule has 1 aliphatic heterocycles. The first-order chi connectivity index (χ1) is 18.3. The number of hydrogen-bond donors (Lipinski definition) is 3. The van der Waals surface area contributed by atoms with Gasteiger partial charge < -0.3 is 20.4 Å². The number of alkyl halides is 6. The van der Waals surface area contributed by atoms with E-state index in [0.29, 0.717) is 0 Å². The first-order valence-corrected chi connectivity index (χ1v) is 12.6. The van der Waals surface area contributed by atoms with Crippen LogP contribution in [0, 0.1) is 0 Å². The third kappa shape index (κ3) is 8.87. The van der Waals surface area contributed by atoms with E-state index in [1.165, 1.54) is 35.2 Å². The molecule has 3 N–H and O–H groups in total. The van der Waals surface area contributed by atoms with Crippen molar-refractivity contribution < 1.29 is 46.1 Å². The lowest BCUT2D eigenvalue weighted by Crippen LogP contribution is -2.43. The summed E-state index contributed by atoms with van der Waals surface area (Å²) in [5.41, 5.74) is 7.66. The minimum absolute atomic E-state index is 0.261. The molecule has 0 saturated carbocycles. The van der Waals surface area contributed by atoms with E-state index in [1.807, 2.05) is 0 Å². The average Bonchev–Trinajstić information content (AvgIpc) is 2.87. The van der Waals surface area contributed by atoms with Gasteiger partial charge in [-0.2, -0.15) is 26.3 Å². The van der Waals surface area contributed by atoms with Crippen LogP contribution in [0.4, 0.5) is 32.0 Å². The molecule has 2 aliphatic rings. The number of nitrogens with one attached hydrogen (secondary N) is 1.